The van der Waals surface area contributed by atoms with Gasteiger partial charge in [0, 0.05) is 18.2 Å². The van der Waals surface area contributed by atoms with Crippen molar-refractivity contribution in [1.82, 2.24) is 4.90 Å². The second-order valence-corrected chi connectivity index (χ2v) is 5.41. The van der Waals surface area contributed by atoms with Crippen LogP contribution in [0.1, 0.15) is 23.7 Å². The first kappa shape index (κ1) is 18.3. The van der Waals surface area contributed by atoms with E-state index >= 15 is 0 Å². The summed E-state index contributed by atoms with van der Waals surface area (Å²) in [6.45, 7) is 3.30. The third kappa shape index (κ3) is 4.35. The summed E-state index contributed by atoms with van der Waals surface area (Å²) >= 11 is 0. The van der Waals surface area contributed by atoms with Crippen molar-refractivity contribution in [2.75, 3.05) is 19.7 Å². The molecule has 22 heavy (non-hydrogen) atoms. The third-order valence-electron chi connectivity index (χ3n) is 3.82. The van der Waals surface area contributed by atoms with Crippen LogP contribution < -0.4 is 16.2 Å². The highest BCUT2D eigenvalue weighted by molar-refractivity contribution is 5.92. The number of nitrogens with zero attached hydrogens (tertiary/aromatic N) is 1. The summed E-state index contributed by atoms with van der Waals surface area (Å²) in [5.41, 5.74) is 11.2. The largest absolute Gasteiger partial charge is 0.484 e. The van der Waals surface area contributed by atoms with Crippen LogP contribution in [0.15, 0.2) is 24.3 Å². The molecule has 0 aromatic heterocycles. The van der Waals surface area contributed by atoms with Crippen molar-refractivity contribution in [3.8, 4) is 5.75 Å². The predicted molar refractivity (Wildman–Crippen MR) is 86.0 cm³/mol. The molecule has 1 saturated heterocycles. The number of amides is 2. The number of benzene rings is 1. The molecule has 2 unspecified atom stereocenters. The quantitative estimate of drug-likeness (QED) is 0.835. The lowest BCUT2D eigenvalue weighted by Gasteiger charge is -2.21. The Kier molecular flexibility index (Phi) is 6.64. The summed E-state index contributed by atoms with van der Waals surface area (Å²) in [7, 11) is 0. The summed E-state index contributed by atoms with van der Waals surface area (Å²) in [5, 5.41) is 0. The van der Waals surface area contributed by atoms with Crippen LogP contribution >= 0.6 is 12.4 Å². The predicted octanol–water partition coefficient (Wildman–Crippen LogP) is 0.782. The van der Waals surface area contributed by atoms with Gasteiger partial charge < -0.3 is 21.1 Å². The number of rotatable bonds is 5. The lowest BCUT2D eigenvalue weighted by Crippen LogP contribution is -2.37. The van der Waals surface area contributed by atoms with Crippen molar-refractivity contribution in [3.63, 3.8) is 0 Å². The molecular weight excluding hydrogens is 306 g/mol. The zero-order valence-electron chi connectivity index (χ0n) is 12.5. The van der Waals surface area contributed by atoms with Crippen LogP contribution in [0.3, 0.4) is 0 Å². The first-order valence-corrected chi connectivity index (χ1v) is 7.03. The maximum absolute atomic E-state index is 12.2. The molecule has 4 N–H and O–H groups in total. The minimum atomic E-state index is -0.489. The minimum Gasteiger partial charge on any atom is -0.484 e. The van der Waals surface area contributed by atoms with Gasteiger partial charge >= 0.3 is 0 Å². The van der Waals surface area contributed by atoms with Crippen molar-refractivity contribution in [2.24, 2.45) is 17.4 Å². The van der Waals surface area contributed by atoms with E-state index in [0.29, 0.717) is 30.3 Å². The number of primary amides is 1. The van der Waals surface area contributed by atoms with Gasteiger partial charge in [-0.25, -0.2) is 0 Å². The molecule has 1 aliphatic rings. The first-order valence-electron chi connectivity index (χ1n) is 7.03. The number of hydrogen-bond acceptors (Lipinski definition) is 4. The molecule has 122 valence electrons. The topological polar surface area (TPSA) is 98.7 Å². The van der Waals surface area contributed by atoms with Gasteiger partial charge in [0.25, 0.3) is 5.91 Å². The van der Waals surface area contributed by atoms with Gasteiger partial charge in [0.15, 0.2) is 6.61 Å². The monoisotopic (exact) mass is 327 g/mol. The molecule has 0 radical (unpaired) electrons. The van der Waals surface area contributed by atoms with Crippen molar-refractivity contribution in [2.45, 2.75) is 19.4 Å². The number of carbonyl (C=O) groups excluding carboxylic acids is 2. The van der Waals surface area contributed by atoms with Gasteiger partial charge in [-0.2, -0.15) is 0 Å². The molecule has 2 rings (SSSR count). The summed E-state index contributed by atoms with van der Waals surface area (Å²) in [4.78, 5) is 24.9. The van der Waals surface area contributed by atoms with Crippen LogP contribution in [0.5, 0.6) is 5.75 Å². The molecule has 0 bridgehead atoms. The zero-order chi connectivity index (χ0) is 15.4. The highest BCUT2D eigenvalue weighted by Crippen LogP contribution is 2.22. The second kappa shape index (κ2) is 8.00. The molecule has 7 heteroatoms. The molecule has 1 fully saturated rings. The Morgan fingerprint density at radius 3 is 2.45 bits per heavy atom. The molecule has 0 aliphatic carbocycles. The average molecular weight is 328 g/mol. The van der Waals surface area contributed by atoms with Crippen LogP contribution in [0.2, 0.25) is 0 Å². The van der Waals surface area contributed by atoms with E-state index in [2.05, 4.69) is 0 Å². The SMILES string of the molecule is CC1CC(CN)CN1C(=O)COc1ccc(C(N)=O)cc1.Cl. The maximum atomic E-state index is 12.2. The van der Waals surface area contributed by atoms with Crippen LogP contribution in [-0.2, 0) is 4.79 Å². The molecule has 2 atom stereocenters. The van der Waals surface area contributed by atoms with Crippen LogP contribution in [-0.4, -0.2) is 42.5 Å². The molecule has 2 amide bonds. The van der Waals surface area contributed by atoms with Crippen LogP contribution in [0.25, 0.3) is 0 Å². The molecule has 1 aliphatic heterocycles. The van der Waals surface area contributed by atoms with Gasteiger partial charge in [-0.3, -0.25) is 9.59 Å². The summed E-state index contributed by atoms with van der Waals surface area (Å²) in [5.74, 6) is 0.378. The summed E-state index contributed by atoms with van der Waals surface area (Å²) in [6.07, 6.45) is 0.940. The lowest BCUT2D eigenvalue weighted by atomic mass is 10.1. The van der Waals surface area contributed by atoms with Gasteiger partial charge in [0.2, 0.25) is 5.91 Å². The Hall–Kier alpha value is -1.79. The van der Waals surface area contributed by atoms with E-state index in [1.54, 1.807) is 24.3 Å². The standard InChI is InChI=1S/C15H21N3O3.ClH/c1-10-6-11(7-16)8-18(10)14(19)9-21-13-4-2-12(3-5-13)15(17)20;/h2-5,10-11H,6-9,16H2,1H3,(H2,17,20);1H. The normalized spacial score (nSPS) is 20.4. The van der Waals surface area contributed by atoms with Gasteiger partial charge in [0.05, 0.1) is 0 Å². The number of halogens is 1. The fraction of sp³-hybridized carbons (Fsp3) is 0.467. The van der Waals surface area contributed by atoms with E-state index in [1.807, 2.05) is 11.8 Å². The first-order chi connectivity index (χ1) is 10.0. The third-order valence-corrected chi connectivity index (χ3v) is 3.82. The van der Waals surface area contributed by atoms with Crippen molar-refractivity contribution in [3.05, 3.63) is 29.8 Å². The van der Waals surface area contributed by atoms with Crippen molar-refractivity contribution in [1.29, 1.82) is 0 Å². The van der Waals surface area contributed by atoms with E-state index in [1.165, 1.54) is 0 Å². The Balaban J connectivity index is 0.00000242. The van der Waals surface area contributed by atoms with Crippen LogP contribution in [0, 0.1) is 5.92 Å². The highest BCUT2D eigenvalue weighted by atomic mass is 35.5. The molecular formula is C15H22ClN3O3. The fourth-order valence-corrected chi connectivity index (χ4v) is 2.60. The summed E-state index contributed by atoms with van der Waals surface area (Å²) < 4.78 is 5.46. The Morgan fingerprint density at radius 2 is 1.95 bits per heavy atom. The fourth-order valence-electron chi connectivity index (χ4n) is 2.60. The van der Waals surface area contributed by atoms with E-state index in [4.69, 9.17) is 16.2 Å². The molecule has 1 heterocycles. The Morgan fingerprint density at radius 1 is 1.32 bits per heavy atom. The van der Waals surface area contributed by atoms with Gasteiger partial charge in [-0.05, 0) is 50.1 Å². The van der Waals surface area contributed by atoms with Crippen molar-refractivity contribution >= 4 is 24.2 Å². The van der Waals surface area contributed by atoms with E-state index in [-0.39, 0.29) is 31.0 Å². The number of carbonyl (C=O) groups is 2. The van der Waals surface area contributed by atoms with E-state index in [0.717, 1.165) is 6.42 Å². The van der Waals surface area contributed by atoms with Crippen molar-refractivity contribution < 1.29 is 14.3 Å². The second-order valence-electron chi connectivity index (χ2n) is 5.41. The number of ether oxygens (including phenoxy) is 1. The molecule has 0 saturated carbocycles. The van der Waals surface area contributed by atoms with Gasteiger partial charge in [-0.1, -0.05) is 0 Å². The van der Waals surface area contributed by atoms with E-state index in [9.17, 15) is 9.59 Å². The number of likely N-dealkylation sites (tertiary alicyclic amines) is 1. The van der Waals surface area contributed by atoms with Gasteiger partial charge in [-0.15, -0.1) is 12.4 Å². The van der Waals surface area contributed by atoms with E-state index < -0.39 is 5.91 Å². The van der Waals surface area contributed by atoms with Crippen LogP contribution in [0.4, 0.5) is 0 Å². The Bertz CT molecular complexity index is 521. The average Bonchev–Trinajstić information content (AvgIpc) is 2.86. The smallest absolute Gasteiger partial charge is 0.260 e. The molecule has 1 aromatic carbocycles. The molecule has 0 spiro atoms. The number of hydrogen-bond donors (Lipinski definition) is 2. The Labute approximate surface area is 136 Å². The zero-order valence-corrected chi connectivity index (χ0v) is 13.3. The number of nitrogens with two attached hydrogens (primary N) is 2. The summed E-state index contributed by atoms with van der Waals surface area (Å²) in [6, 6.07) is 6.61. The van der Waals surface area contributed by atoms with Gasteiger partial charge in [0.1, 0.15) is 5.75 Å². The highest BCUT2D eigenvalue weighted by Gasteiger charge is 2.31. The minimum absolute atomic E-state index is 0. The maximum Gasteiger partial charge on any atom is 0.260 e. The lowest BCUT2D eigenvalue weighted by molar-refractivity contribution is -0.134. The molecule has 6 nitrogen and oxygen atoms in total. The molecule has 1 aromatic rings.